The van der Waals surface area contributed by atoms with Crippen LogP contribution in [0.5, 0.6) is 0 Å². The van der Waals surface area contributed by atoms with E-state index >= 15 is 0 Å². The molecule has 0 saturated carbocycles. The molecule has 0 radical (unpaired) electrons. The van der Waals surface area contributed by atoms with Crippen LogP contribution in [0.15, 0.2) is 0 Å². The number of nitrogens with two attached hydrogens (primary N) is 2. The molecule has 0 aliphatic carbocycles. The second-order valence-electron chi connectivity index (χ2n) is 3.01. The van der Waals surface area contributed by atoms with Crippen LogP contribution in [0.3, 0.4) is 0 Å². The maximum atomic E-state index is 10.9. The summed E-state index contributed by atoms with van der Waals surface area (Å²) >= 11 is 0. The van der Waals surface area contributed by atoms with E-state index < -0.39 is 18.0 Å². The first kappa shape index (κ1) is 9.79. The van der Waals surface area contributed by atoms with Gasteiger partial charge in [-0.15, -0.1) is 0 Å². The van der Waals surface area contributed by atoms with Crippen molar-refractivity contribution in [3.8, 4) is 0 Å². The van der Waals surface area contributed by atoms with Crippen LogP contribution in [0.1, 0.15) is 6.42 Å². The second-order valence-corrected chi connectivity index (χ2v) is 3.01. The molecule has 74 valence electrons. The summed E-state index contributed by atoms with van der Waals surface area (Å²) < 4.78 is 5.07. The van der Waals surface area contributed by atoms with Crippen molar-refractivity contribution in [2.45, 2.75) is 12.5 Å². The van der Waals surface area contributed by atoms with Gasteiger partial charge in [0.1, 0.15) is 6.04 Å². The number of nitrogens with one attached hydrogen (secondary N) is 1. The zero-order valence-electron chi connectivity index (χ0n) is 7.16. The van der Waals surface area contributed by atoms with E-state index in [2.05, 4.69) is 5.32 Å². The van der Waals surface area contributed by atoms with Crippen molar-refractivity contribution >= 4 is 11.9 Å². The molecule has 6 nitrogen and oxygen atoms in total. The molecular weight excluding hydrogens is 174 g/mol. The fourth-order valence-corrected chi connectivity index (χ4v) is 1.39. The molecule has 1 heterocycles. The summed E-state index contributed by atoms with van der Waals surface area (Å²) in [5.41, 5.74) is 10.0. The standard InChI is InChI=1S/C7H13N3O3/c8-6(11)5(10-7(9)12)4-1-2-13-3-4/h4-5H,1-3H2,(H2,8,11)(H3,9,10,12). The Bertz CT molecular complexity index is 213. The van der Waals surface area contributed by atoms with Crippen molar-refractivity contribution in [2.24, 2.45) is 17.4 Å². The van der Waals surface area contributed by atoms with Crippen LogP contribution in [0, 0.1) is 5.92 Å². The summed E-state index contributed by atoms with van der Waals surface area (Å²) in [6, 6.07) is -1.45. The first-order chi connectivity index (χ1) is 6.11. The van der Waals surface area contributed by atoms with Crippen molar-refractivity contribution in [1.82, 2.24) is 5.32 Å². The molecule has 0 aromatic rings. The molecule has 5 N–H and O–H groups in total. The van der Waals surface area contributed by atoms with Gasteiger partial charge in [0.2, 0.25) is 5.91 Å². The van der Waals surface area contributed by atoms with Crippen LogP contribution in [0.25, 0.3) is 0 Å². The first-order valence-electron chi connectivity index (χ1n) is 4.04. The van der Waals surface area contributed by atoms with E-state index in [0.717, 1.165) is 0 Å². The summed E-state index contributed by atoms with van der Waals surface area (Å²) in [5.74, 6) is -0.626. The molecule has 1 aliphatic heterocycles. The topological polar surface area (TPSA) is 107 Å². The van der Waals surface area contributed by atoms with Crippen molar-refractivity contribution in [1.29, 1.82) is 0 Å². The minimum Gasteiger partial charge on any atom is -0.381 e. The normalized spacial score (nSPS) is 23.8. The van der Waals surface area contributed by atoms with Gasteiger partial charge in [0.15, 0.2) is 0 Å². The Balaban J connectivity index is 2.55. The number of carbonyl (C=O) groups is 2. The van der Waals surface area contributed by atoms with E-state index in [1.807, 2.05) is 0 Å². The second kappa shape index (κ2) is 4.08. The molecule has 0 aromatic heterocycles. The van der Waals surface area contributed by atoms with Crippen molar-refractivity contribution < 1.29 is 14.3 Å². The van der Waals surface area contributed by atoms with E-state index in [9.17, 15) is 9.59 Å². The Morgan fingerprint density at radius 3 is 2.54 bits per heavy atom. The largest absolute Gasteiger partial charge is 0.381 e. The highest BCUT2D eigenvalue weighted by molar-refractivity contribution is 5.85. The molecule has 3 amide bonds. The molecule has 0 spiro atoms. The van der Waals surface area contributed by atoms with E-state index in [-0.39, 0.29) is 5.92 Å². The average molecular weight is 187 g/mol. The lowest BCUT2D eigenvalue weighted by Gasteiger charge is -2.18. The first-order valence-corrected chi connectivity index (χ1v) is 4.04. The van der Waals surface area contributed by atoms with Gasteiger partial charge in [0, 0.05) is 12.5 Å². The zero-order chi connectivity index (χ0) is 9.84. The molecule has 2 unspecified atom stereocenters. The summed E-state index contributed by atoms with van der Waals surface area (Å²) in [5, 5.41) is 2.31. The van der Waals surface area contributed by atoms with Gasteiger partial charge in [-0.1, -0.05) is 0 Å². The summed E-state index contributed by atoms with van der Waals surface area (Å²) in [7, 11) is 0. The van der Waals surface area contributed by atoms with Gasteiger partial charge in [-0.3, -0.25) is 4.79 Å². The van der Waals surface area contributed by atoms with Gasteiger partial charge in [0.05, 0.1) is 6.61 Å². The van der Waals surface area contributed by atoms with Crippen LogP contribution in [-0.2, 0) is 9.53 Å². The number of rotatable bonds is 3. The zero-order valence-corrected chi connectivity index (χ0v) is 7.16. The maximum absolute atomic E-state index is 10.9. The summed E-state index contributed by atoms with van der Waals surface area (Å²) in [6.45, 7) is 1.03. The molecule has 0 aromatic carbocycles. The van der Waals surface area contributed by atoms with Crippen LogP contribution < -0.4 is 16.8 Å². The number of ether oxygens (including phenoxy) is 1. The number of hydrogen-bond acceptors (Lipinski definition) is 3. The minimum absolute atomic E-state index is 0.0509. The lowest BCUT2D eigenvalue weighted by atomic mass is 9.99. The van der Waals surface area contributed by atoms with E-state index in [4.69, 9.17) is 16.2 Å². The monoisotopic (exact) mass is 187 g/mol. The predicted molar refractivity (Wildman–Crippen MR) is 44.6 cm³/mol. The highest BCUT2D eigenvalue weighted by Crippen LogP contribution is 2.16. The fraction of sp³-hybridized carbons (Fsp3) is 0.714. The summed E-state index contributed by atoms with van der Waals surface area (Å²) in [6.07, 6.45) is 0.716. The molecule has 1 aliphatic rings. The van der Waals surface area contributed by atoms with Gasteiger partial charge in [-0.2, -0.15) is 0 Å². The number of urea groups is 1. The number of primary amides is 2. The van der Waals surface area contributed by atoms with Crippen molar-refractivity contribution in [3.05, 3.63) is 0 Å². The Morgan fingerprint density at radius 2 is 2.15 bits per heavy atom. The van der Waals surface area contributed by atoms with Gasteiger partial charge < -0.3 is 21.5 Å². The third kappa shape index (κ3) is 2.59. The van der Waals surface area contributed by atoms with Gasteiger partial charge >= 0.3 is 6.03 Å². The number of hydrogen-bond donors (Lipinski definition) is 3. The fourth-order valence-electron chi connectivity index (χ4n) is 1.39. The average Bonchev–Trinajstić information content (AvgIpc) is 2.50. The van der Waals surface area contributed by atoms with Gasteiger partial charge in [-0.05, 0) is 6.42 Å². The Labute approximate surface area is 75.6 Å². The number of carbonyl (C=O) groups excluding carboxylic acids is 2. The maximum Gasteiger partial charge on any atom is 0.312 e. The lowest BCUT2D eigenvalue weighted by Crippen LogP contribution is -2.51. The molecule has 1 fully saturated rings. The molecule has 1 rings (SSSR count). The predicted octanol–water partition coefficient (Wildman–Crippen LogP) is -1.45. The summed E-state index contributed by atoms with van der Waals surface area (Å²) in [4.78, 5) is 21.5. The Morgan fingerprint density at radius 1 is 1.46 bits per heavy atom. The Kier molecular flexibility index (Phi) is 3.07. The molecule has 2 atom stereocenters. The Hall–Kier alpha value is -1.30. The van der Waals surface area contributed by atoms with Crippen molar-refractivity contribution in [2.75, 3.05) is 13.2 Å². The SMILES string of the molecule is NC(=O)NC(C(N)=O)C1CCOC1. The molecule has 6 heteroatoms. The van der Waals surface area contributed by atoms with Crippen LogP contribution in [-0.4, -0.2) is 31.2 Å². The van der Waals surface area contributed by atoms with E-state index in [1.165, 1.54) is 0 Å². The van der Waals surface area contributed by atoms with E-state index in [1.54, 1.807) is 0 Å². The quantitative estimate of drug-likeness (QED) is 0.502. The van der Waals surface area contributed by atoms with Gasteiger partial charge in [-0.25, -0.2) is 4.79 Å². The third-order valence-electron chi connectivity index (χ3n) is 2.04. The highest BCUT2D eigenvalue weighted by atomic mass is 16.5. The van der Waals surface area contributed by atoms with Crippen LogP contribution in [0.4, 0.5) is 4.79 Å². The third-order valence-corrected chi connectivity index (χ3v) is 2.04. The molecule has 13 heavy (non-hydrogen) atoms. The molecule has 1 saturated heterocycles. The minimum atomic E-state index is -0.740. The lowest BCUT2D eigenvalue weighted by molar-refractivity contribution is -0.121. The van der Waals surface area contributed by atoms with Crippen molar-refractivity contribution in [3.63, 3.8) is 0 Å². The van der Waals surface area contributed by atoms with Crippen LogP contribution in [0.2, 0.25) is 0 Å². The highest BCUT2D eigenvalue weighted by Gasteiger charge is 2.30. The smallest absolute Gasteiger partial charge is 0.312 e. The number of amides is 3. The van der Waals surface area contributed by atoms with E-state index in [0.29, 0.717) is 19.6 Å². The molecular formula is C7H13N3O3. The van der Waals surface area contributed by atoms with Crippen LogP contribution >= 0.6 is 0 Å². The van der Waals surface area contributed by atoms with Gasteiger partial charge in [0.25, 0.3) is 0 Å². The molecule has 0 bridgehead atoms.